The van der Waals surface area contributed by atoms with Crippen LogP contribution in [0.2, 0.25) is 0 Å². The summed E-state index contributed by atoms with van der Waals surface area (Å²) in [5, 5.41) is 4.28. The molecular formula is C31H48ClN3O5. The SMILES string of the molecule is CCC1(c2ccccc2)C(=O)NC(=O)NC1=O.CCN(CC)CCOC(=O)C1(C2CCCCC2)CCCCC1.Cl. The molecular weight excluding hydrogens is 530 g/mol. The van der Waals surface area contributed by atoms with Crippen molar-refractivity contribution in [3.05, 3.63) is 35.9 Å². The monoisotopic (exact) mass is 577 g/mol. The highest BCUT2D eigenvalue weighted by Gasteiger charge is 2.50. The quantitative estimate of drug-likeness (QED) is 0.295. The van der Waals surface area contributed by atoms with Crippen LogP contribution in [0.25, 0.3) is 0 Å². The van der Waals surface area contributed by atoms with Crippen LogP contribution in [0.3, 0.4) is 0 Å². The van der Waals surface area contributed by atoms with Gasteiger partial charge in [-0.15, -0.1) is 12.4 Å². The minimum Gasteiger partial charge on any atom is -0.464 e. The van der Waals surface area contributed by atoms with Crippen molar-refractivity contribution >= 4 is 36.2 Å². The summed E-state index contributed by atoms with van der Waals surface area (Å²) in [4.78, 5) is 50.3. The van der Waals surface area contributed by atoms with Crippen LogP contribution in [0.4, 0.5) is 4.79 Å². The highest BCUT2D eigenvalue weighted by molar-refractivity contribution is 6.22. The lowest BCUT2D eigenvalue weighted by molar-refractivity contribution is -0.164. The fourth-order valence-electron chi connectivity index (χ4n) is 6.63. The Morgan fingerprint density at radius 3 is 1.95 bits per heavy atom. The van der Waals surface area contributed by atoms with Crippen molar-refractivity contribution in [1.82, 2.24) is 15.5 Å². The summed E-state index contributed by atoms with van der Waals surface area (Å²) in [6.45, 7) is 9.56. The smallest absolute Gasteiger partial charge is 0.328 e. The number of carbonyl (C=O) groups excluding carboxylic acids is 4. The first-order valence-corrected chi connectivity index (χ1v) is 15.0. The summed E-state index contributed by atoms with van der Waals surface area (Å²) in [6.07, 6.45) is 12.6. The van der Waals surface area contributed by atoms with Crippen LogP contribution in [0.1, 0.15) is 97.0 Å². The Morgan fingerprint density at radius 2 is 1.43 bits per heavy atom. The summed E-state index contributed by atoms with van der Waals surface area (Å²) in [7, 11) is 0. The Kier molecular flexibility index (Phi) is 13.6. The van der Waals surface area contributed by atoms with E-state index in [1.807, 2.05) is 0 Å². The van der Waals surface area contributed by atoms with Gasteiger partial charge in [0.25, 0.3) is 0 Å². The number of hydrogen-bond acceptors (Lipinski definition) is 6. The number of barbiturate groups is 1. The molecule has 0 unspecified atom stereocenters. The average Bonchev–Trinajstić information content (AvgIpc) is 2.97. The second-order valence-corrected chi connectivity index (χ2v) is 11.1. The number of halogens is 1. The maximum atomic E-state index is 12.9. The third-order valence-electron chi connectivity index (χ3n) is 9.10. The van der Waals surface area contributed by atoms with Crippen LogP contribution in [-0.4, -0.2) is 55.0 Å². The van der Waals surface area contributed by atoms with Gasteiger partial charge >= 0.3 is 12.0 Å². The number of likely N-dealkylation sites (N-methyl/N-ethyl adjacent to an activating group) is 1. The number of ether oxygens (including phenoxy) is 1. The normalized spacial score (nSPS) is 20.4. The number of nitrogens with zero attached hydrogens (tertiary/aromatic N) is 1. The van der Waals surface area contributed by atoms with Gasteiger partial charge in [-0.05, 0) is 56.7 Å². The average molecular weight is 578 g/mol. The Labute approximate surface area is 245 Å². The van der Waals surface area contributed by atoms with Gasteiger partial charge in [0, 0.05) is 6.54 Å². The van der Waals surface area contributed by atoms with E-state index in [1.54, 1.807) is 37.3 Å². The molecule has 0 spiro atoms. The van der Waals surface area contributed by atoms with Gasteiger partial charge in [0.15, 0.2) is 5.41 Å². The molecule has 9 heteroatoms. The number of urea groups is 1. The Balaban J connectivity index is 0.000000282. The third kappa shape index (κ3) is 7.64. The molecule has 1 heterocycles. The van der Waals surface area contributed by atoms with E-state index in [0.29, 0.717) is 24.5 Å². The molecule has 1 aromatic rings. The van der Waals surface area contributed by atoms with Crippen molar-refractivity contribution in [2.24, 2.45) is 11.3 Å². The highest BCUT2D eigenvalue weighted by atomic mass is 35.5. The van der Waals surface area contributed by atoms with E-state index in [1.165, 1.54) is 51.4 Å². The summed E-state index contributed by atoms with van der Waals surface area (Å²) in [5.41, 5.74) is -0.859. The van der Waals surface area contributed by atoms with Gasteiger partial charge in [0.05, 0.1) is 5.41 Å². The van der Waals surface area contributed by atoms with Crippen molar-refractivity contribution in [2.75, 3.05) is 26.2 Å². The van der Waals surface area contributed by atoms with E-state index in [0.717, 1.165) is 32.5 Å². The fourth-order valence-corrected chi connectivity index (χ4v) is 6.63. The minimum atomic E-state index is -1.31. The van der Waals surface area contributed by atoms with Gasteiger partial charge in [0.1, 0.15) is 6.61 Å². The van der Waals surface area contributed by atoms with E-state index in [9.17, 15) is 19.2 Å². The van der Waals surface area contributed by atoms with E-state index >= 15 is 0 Å². The standard InChI is InChI=1S/C19H35NO2.C12H12N2O3.ClH/c1-3-20(4-2)15-16-22-18(21)19(13-9-6-10-14-19)17-11-7-5-8-12-17;1-2-12(8-6-4-3-5-7-8)9(15)13-11(17)14-10(12)16;/h17H,3-16H2,1-2H3;3-7H,2H2,1H3,(H2,13,14,15,16,17);1H. The van der Waals surface area contributed by atoms with Crippen LogP contribution in [0.15, 0.2) is 30.3 Å². The van der Waals surface area contributed by atoms with Gasteiger partial charge < -0.3 is 9.64 Å². The molecule has 2 saturated carbocycles. The predicted molar refractivity (Wildman–Crippen MR) is 158 cm³/mol. The maximum absolute atomic E-state index is 12.9. The van der Waals surface area contributed by atoms with E-state index in [4.69, 9.17) is 4.74 Å². The molecule has 0 atom stereocenters. The van der Waals surface area contributed by atoms with Crippen molar-refractivity contribution in [3.8, 4) is 0 Å². The zero-order chi connectivity index (χ0) is 28.3. The fraction of sp³-hybridized carbons (Fsp3) is 0.677. The first-order valence-electron chi connectivity index (χ1n) is 15.0. The number of nitrogens with one attached hydrogen (secondary N) is 2. The molecule has 40 heavy (non-hydrogen) atoms. The Bertz CT molecular complexity index is 950. The van der Waals surface area contributed by atoms with E-state index in [2.05, 4.69) is 29.4 Å². The van der Waals surface area contributed by atoms with Crippen molar-refractivity contribution in [3.63, 3.8) is 0 Å². The second kappa shape index (κ2) is 16.1. The summed E-state index contributed by atoms with van der Waals surface area (Å²) < 4.78 is 5.79. The molecule has 1 aliphatic heterocycles. The third-order valence-corrected chi connectivity index (χ3v) is 9.10. The lowest BCUT2D eigenvalue weighted by atomic mass is 9.62. The Hall–Kier alpha value is -2.45. The molecule has 0 radical (unpaired) electrons. The first-order chi connectivity index (χ1) is 18.8. The molecule has 8 nitrogen and oxygen atoms in total. The second-order valence-electron chi connectivity index (χ2n) is 11.1. The summed E-state index contributed by atoms with van der Waals surface area (Å²) in [6, 6.07) is 7.96. The number of rotatable bonds is 9. The van der Waals surface area contributed by atoms with Gasteiger partial charge in [-0.3, -0.25) is 25.0 Å². The molecule has 2 aliphatic carbocycles. The first kappa shape index (κ1) is 33.8. The molecule has 2 N–H and O–H groups in total. The number of amides is 4. The predicted octanol–water partition coefficient (Wildman–Crippen LogP) is 5.52. The Morgan fingerprint density at radius 1 is 0.875 bits per heavy atom. The van der Waals surface area contributed by atoms with Crippen molar-refractivity contribution in [2.45, 2.75) is 96.8 Å². The van der Waals surface area contributed by atoms with Crippen LogP contribution >= 0.6 is 12.4 Å². The molecule has 3 aliphatic rings. The number of carbonyl (C=O) groups is 4. The van der Waals surface area contributed by atoms with Gasteiger partial charge in [-0.2, -0.15) is 0 Å². The van der Waals surface area contributed by atoms with E-state index in [-0.39, 0.29) is 23.8 Å². The zero-order valence-electron chi connectivity index (χ0n) is 24.5. The van der Waals surface area contributed by atoms with Crippen LogP contribution in [0, 0.1) is 11.3 Å². The number of imide groups is 2. The van der Waals surface area contributed by atoms with Crippen LogP contribution in [-0.2, 0) is 24.5 Å². The minimum absolute atomic E-state index is 0. The van der Waals surface area contributed by atoms with Crippen molar-refractivity contribution in [1.29, 1.82) is 0 Å². The van der Waals surface area contributed by atoms with Crippen LogP contribution in [0.5, 0.6) is 0 Å². The summed E-state index contributed by atoms with van der Waals surface area (Å²) in [5.74, 6) is -0.423. The summed E-state index contributed by atoms with van der Waals surface area (Å²) >= 11 is 0. The highest BCUT2D eigenvalue weighted by Crippen LogP contribution is 2.49. The molecule has 0 aromatic heterocycles. The molecule has 3 fully saturated rings. The molecule has 0 bridgehead atoms. The molecule has 224 valence electrons. The number of esters is 1. The largest absolute Gasteiger partial charge is 0.464 e. The van der Waals surface area contributed by atoms with E-state index < -0.39 is 23.3 Å². The molecule has 1 saturated heterocycles. The van der Waals surface area contributed by atoms with Crippen molar-refractivity contribution < 1.29 is 23.9 Å². The van der Waals surface area contributed by atoms with Crippen LogP contribution < -0.4 is 10.6 Å². The number of benzene rings is 1. The molecule has 1 aromatic carbocycles. The molecule has 4 rings (SSSR count). The van der Waals surface area contributed by atoms with Gasteiger partial charge in [-0.25, -0.2) is 4.79 Å². The lowest BCUT2D eigenvalue weighted by Gasteiger charge is -2.43. The van der Waals surface area contributed by atoms with Gasteiger partial charge in [0.2, 0.25) is 11.8 Å². The van der Waals surface area contributed by atoms with Gasteiger partial charge in [-0.1, -0.05) is 89.6 Å². The zero-order valence-corrected chi connectivity index (χ0v) is 25.3. The topological polar surface area (TPSA) is 105 Å². The number of hydrogen-bond donors (Lipinski definition) is 2. The molecule has 4 amide bonds. The lowest BCUT2D eigenvalue weighted by Crippen LogP contribution is -2.64. The maximum Gasteiger partial charge on any atom is 0.328 e.